The Morgan fingerprint density at radius 2 is 2.22 bits per heavy atom. The van der Waals surface area contributed by atoms with Crippen LogP contribution in [-0.2, 0) is 11.3 Å². The number of benzene rings is 1. The van der Waals surface area contributed by atoms with E-state index in [-0.39, 0.29) is 25.2 Å². The Kier molecular flexibility index (Phi) is 6.18. The normalized spacial score (nSPS) is 11.9. The first kappa shape index (κ1) is 14.5. The Balaban J connectivity index is 2.53. The molecule has 18 heavy (non-hydrogen) atoms. The minimum atomic E-state index is -0.147. The third kappa shape index (κ3) is 5.16. The van der Waals surface area contributed by atoms with Gasteiger partial charge in [-0.1, -0.05) is 18.2 Å². The Hall–Kier alpha value is -1.59. The summed E-state index contributed by atoms with van der Waals surface area (Å²) in [7, 11) is 0. The Labute approximate surface area is 107 Å². The van der Waals surface area contributed by atoms with Gasteiger partial charge in [-0.3, -0.25) is 4.79 Å². The lowest BCUT2D eigenvalue weighted by atomic mass is 10.2. The topological polar surface area (TPSA) is 84.6 Å². The molecule has 0 spiro atoms. The number of amides is 1. The molecule has 1 rings (SSSR count). The van der Waals surface area contributed by atoms with Crippen molar-refractivity contribution < 1.29 is 14.6 Å². The van der Waals surface area contributed by atoms with Gasteiger partial charge < -0.3 is 20.9 Å². The van der Waals surface area contributed by atoms with Gasteiger partial charge in [-0.05, 0) is 13.0 Å². The van der Waals surface area contributed by atoms with E-state index >= 15 is 0 Å². The molecule has 5 heteroatoms. The van der Waals surface area contributed by atoms with Gasteiger partial charge in [0.1, 0.15) is 12.4 Å². The molecular formula is C13H20N2O3. The molecule has 0 aromatic heterocycles. The molecule has 0 saturated heterocycles. The summed E-state index contributed by atoms with van der Waals surface area (Å²) < 4.78 is 5.37. The summed E-state index contributed by atoms with van der Waals surface area (Å²) in [5, 5.41) is 11.5. The Morgan fingerprint density at radius 1 is 1.50 bits per heavy atom. The van der Waals surface area contributed by atoms with Crippen molar-refractivity contribution in [3.05, 3.63) is 29.8 Å². The molecule has 0 bridgehead atoms. The lowest BCUT2D eigenvalue weighted by Crippen LogP contribution is -2.29. The summed E-state index contributed by atoms with van der Waals surface area (Å²) in [4.78, 5) is 11.5. The number of nitrogens with one attached hydrogen (secondary N) is 1. The van der Waals surface area contributed by atoms with E-state index in [0.717, 1.165) is 5.56 Å². The molecular weight excluding hydrogens is 232 g/mol. The number of para-hydroxylation sites is 1. The summed E-state index contributed by atoms with van der Waals surface area (Å²) in [5.74, 6) is 0.592. The fourth-order valence-corrected chi connectivity index (χ4v) is 1.50. The summed E-state index contributed by atoms with van der Waals surface area (Å²) in [6.07, 6.45) is 0.305. The molecule has 5 nitrogen and oxygen atoms in total. The lowest BCUT2D eigenvalue weighted by Gasteiger charge is -2.12. The van der Waals surface area contributed by atoms with Gasteiger partial charge in [-0.15, -0.1) is 0 Å². The van der Waals surface area contributed by atoms with Crippen LogP contribution in [0.25, 0.3) is 0 Å². The Morgan fingerprint density at radius 3 is 2.89 bits per heavy atom. The molecule has 100 valence electrons. The highest BCUT2D eigenvalue weighted by atomic mass is 16.5. The van der Waals surface area contributed by atoms with E-state index in [1.54, 1.807) is 6.92 Å². The van der Waals surface area contributed by atoms with Crippen molar-refractivity contribution in [1.29, 1.82) is 0 Å². The second-order valence-electron chi connectivity index (χ2n) is 4.14. The second-order valence-corrected chi connectivity index (χ2v) is 4.14. The molecule has 1 aromatic carbocycles. The average Bonchev–Trinajstić information content (AvgIpc) is 2.34. The van der Waals surface area contributed by atoms with Gasteiger partial charge in [0.25, 0.3) is 0 Å². The van der Waals surface area contributed by atoms with Crippen molar-refractivity contribution in [1.82, 2.24) is 5.32 Å². The number of hydrogen-bond donors (Lipinski definition) is 3. The lowest BCUT2D eigenvalue weighted by molar-refractivity contribution is -0.121. The average molecular weight is 252 g/mol. The van der Waals surface area contributed by atoms with E-state index in [1.807, 2.05) is 24.3 Å². The molecule has 0 aliphatic carbocycles. The quantitative estimate of drug-likeness (QED) is 0.656. The number of nitrogens with two attached hydrogens (primary N) is 1. The van der Waals surface area contributed by atoms with E-state index in [1.165, 1.54) is 0 Å². The smallest absolute Gasteiger partial charge is 0.221 e. The summed E-state index contributed by atoms with van der Waals surface area (Å²) in [6, 6.07) is 7.26. The zero-order chi connectivity index (χ0) is 13.4. The highest BCUT2D eigenvalue weighted by Gasteiger charge is 2.07. The summed E-state index contributed by atoms with van der Waals surface area (Å²) in [5.41, 5.74) is 6.42. The molecule has 1 aromatic rings. The van der Waals surface area contributed by atoms with E-state index in [0.29, 0.717) is 18.7 Å². The number of rotatable bonds is 7. The van der Waals surface area contributed by atoms with Gasteiger partial charge in [0, 0.05) is 24.6 Å². The Bertz CT molecular complexity index is 380. The monoisotopic (exact) mass is 252 g/mol. The third-order valence-corrected chi connectivity index (χ3v) is 2.30. The molecule has 0 saturated carbocycles. The zero-order valence-electron chi connectivity index (χ0n) is 10.6. The van der Waals surface area contributed by atoms with E-state index in [9.17, 15) is 4.79 Å². The number of ether oxygens (including phenoxy) is 1. The van der Waals surface area contributed by atoms with Crippen LogP contribution in [0, 0.1) is 0 Å². The fraction of sp³-hybridized carbons (Fsp3) is 0.462. The number of aliphatic hydroxyl groups excluding tert-OH is 1. The van der Waals surface area contributed by atoms with Gasteiger partial charge in [-0.2, -0.15) is 0 Å². The first-order chi connectivity index (χ1) is 8.63. The maximum absolute atomic E-state index is 11.5. The first-order valence-electron chi connectivity index (χ1n) is 5.97. The molecule has 4 N–H and O–H groups in total. The minimum absolute atomic E-state index is 0.0363. The van der Waals surface area contributed by atoms with E-state index in [4.69, 9.17) is 15.6 Å². The van der Waals surface area contributed by atoms with Crippen molar-refractivity contribution in [3.63, 3.8) is 0 Å². The summed E-state index contributed by atoms with van der Waals surface area (Å²) >= 11 is 0. The van der Waals surface area contributed by atoms with Crippen LogP contribution in [0.4, 0.5) is 0 Å². The number of hydrogen-bond acceptors (Lipinski definition) is 4. The van der Waals surface area contributed by atoms with E-state index in [2.05, 4.69) is 5.32 Å². The predicted octanol–water partition coefficient (Wildman–Crippen LogP) is 0.411. The molecule has 1 unspecified atom stereocenters. The van der Waals surface area contributed by atoms with Crippen LogP contribution in [0.2, 0.25) is 0 Å². The standard InChI is InChI=1S/C13H20N2O3/c1-10(14)8-13(17)15-9-11-4-2-3-5-12(11)18-7-6-16/h2-5,10,16H,6-9,14H2,1H3,(H,15,17). The van der Waals surface area contributed by atoms with Crippen LogP contribution in [0.3, 0.4) is 0 Å². The van der Waals surface area contributed by atoms with E-state index < -0.39 is 0 Å². The van der Waals surface area contributed by atoms with Crippen LogP contribution >= 0.6 is 0 Å². The molecule has 0 aliphatic rings. The van der Waals surface area contributed by atoms with Crippen molar-refractivity contribution in [2.45, 2.75) is 25.9 Å². The maximum Gasteiger partial charge on any atom is 0.221 e. The predicted molar refractivity (Wildman–Crippen MR) is 69.1 cm³/mol. The second kappa shape index (κ2) is 7.68. The molecule has 1 atom stereocenters. The summed E-state index contributed by atoms with van der Waals surface area (Å²) in [6.45, 7) is 2.39. The zero-order valence-corrected chi connectivity index (χ0v) is 10.6. The highest BCUT2D eigenvalue weighted by Crippen LogP contribution is 2.17. The van der Waals surface area contributed by atoms with Crippen LogP contribution in [-0.4, -0.2) is 30.3 Å². The molecule has 0 fully saturated rings. The van der Waals surface area contributed by atoms with Gasteiger partial charge in [0.15, 0.2) is 0 Å². The van der Waals surface area contributed by atoms with Crippen LogP contribution in [0.15, 0.2) is 24.3 Å². The van der Waals surface area contributed by atoms with Crippen LogP contribution in [0.1, 0.15) is 18.9 Å². The van der Waals surface area contributed by atoms with Gasteiger partial charge in [0.2, 0.25) is 5.91 Å². The fourth-order valence-electron chi connectivity index (χ4n) is 1.50. The van der Waals surface area contributed by atoms with Crippen molar-refractivity contribution in [3.8, 4) is 5.75 Å². The molecule has 0 aliphatic heterocycles. The largest absolute Gasteiger partial charge is 0.491 e. The highest BCUT2D eigenvalue weighted by molar-refractivity contribution is 5.76. The molecule has 0 heterocycles. The van der Waals surface area contributed by atoms with Crippen LogP contribution in [0.5, 0.6) is 5.75 Å². The van der Waals surface area contributed by atoms with Crippen molar-refractivity contribution >= 4 is 5.91 Å². The number of carbonyl (C=O) groups is 1. The number of aliphatic hydroxyl groups is 1. The van der Waals surface area contributed by atoms with Gasteiger partial charge in [-0.25, -0.2) is 0 Å². The molecule has 1 amide bonds. The number of carbonyl (C=O) groups excluding carboxylic acids is 1. The van der Waals surface area contributed by atoms with Crippen LogP contribution < -0.4 is 15.8 Å². The maximum atomic E-state index is 11.5. The SMILES string of the molecule is CC(N)CC(=O)NCc1ccccc1OCCO. The molecule has 0 radical (unpaired) electrons. The van der Waals surface area contributed by atoms with Crippen molar-refractivity contribution in [2.24, 2.45) is 5.73 Å². The third-order valence-electron chi connectivity index (χ3n) is 2.30. The van der Waals surface area contributed by atoms with Crippen molar-refractivity contribution in [2.75, 3.05) is 13.2 Å². The van der Waals surface area contributed by atoms with Gasteiger partial charge >= 0.3 is 0 Å². The van der Waals surface area contributed by atoms with Gasteiger partial charge in [0.05, 0.1) is 6.61 Å². The first-order valence-corrected chi connectivity index (χ1v) is 5.97. The minimum Gasteiger partial charge on any atom is -0.491 e.